The molecule has 1 amide bonds. The van der Waals surface area contributed by atoms with Gasteiger partial charge in [0.25, 0.3) is 5.91 Å². The molecule has 0 bridgehead atoms. The van der Waals surface area contributed by atoms with Crippen molar-refractivity contribution in [1.82, 2.24) is 30.4 Å². The van der Waals surface area contributed by atoms with E-state index >= 15 is 0 Å². The molecule has 7 nitrogen and oxygen atoms in total. The normalized spacial score (nSPS) is 23.8. The van der Waals surface area contributed by atoms with Crippen LogP contribution in [0.15, 0.2) is 54.9 Å². The summed E-state index contributed by atoms with van der Waals surface area (Å²) in [5.74, 6) is 0.376. The first kappa shape index (κ1) is 17.0. The second-order valence-electron chi connectivity index (χ2n) is 7.34. The molecule has 2 aliphatic heterocycles. The van der Waals surface area contributed by atoms with Gasteiger partial charge in [0.15, 0.2) is 0 Å². The minimum atomic E-state index is -0.273. The van der Waals surface area contributed by atoms with E-state index in [4.69, 9.17) is 0 Å². The lowest BCUT2D eigenvalue weighted by Crippen LogP contribution is -2.34. The molecule has 3 aromatic rings. The zero-order chi connectivity index (χ0) is 19.1. The summed E-state index contributed by atoms with van der Waals surface area (Å²) in [4.78, 5) is 15.2. The number of carbonyl (C=O) groups is 1. The molecule has 1 aromatic heterocycles. The largest absolute Gasteiger partial charge is 0.331 e. The maximum Gasteiger partial charge on any atom is 0.254 e. The number of tetrazole rings is 1. The van der Waals surface area contributed by atoms with Crippen LogP contribution in [-0.2, 0) is 0 Å². The number of hydrogen-bond acceptors (Lipinski definition) is 5. The molecule has 0 saturated carbocycles. The van der Waals surface area contributed by atoms with Crippen molar-refractivity contribution in [2.75, 3.05) is 19.6 Å². The molecule has 2 fully saturated rings. The predicted molar refractivity (Wildman–Crippen MR) is 99.2 cm³/mol. The number of likely N-dealkylation sites (tertiary alicyclic amines) is 1. The number of benzene rings is 2. The zero-order valence-electron chi connectivity index (χ0n) is 15.1. The summed E-state index contributed by atoms with van der Waals surface area (Å²) in [5.41, 5.74) is 2.24. The molecule has 1 N–H and O–H groups in total. The summed E-state index contributed by atoms with van der Waals surface area (Å²) in [7, 11) is 0. The Morgan fingerprint density at radius 1 is 1.14 bits per heavy atom. The van der Waals surface area contributed by atoms with Crippen LogP contribution in [0.5, 0.6) is 0 Å². The summed E-state index contributed by atoms with van der Waals surface area (Å²) < 4.78 is 15.4. The fourth-order valence-electron chi connectivity index (χ4n) is 4.45. The van der Waals surface area contributed by atoms with Crippen LogP contribution in [0.1, 0.15) is 22.0 Å². The number of halogens is 1. The highest BCUT2D eigenvalue weighted by atomic mass is 19.1. The van der Waals surface area contributed by atoms with Crippen LogP contribution in [0.2, 0.25) is 0 Å². The van der Waals surface area contributed by atoms with Crippen LogP contribution in [0.3, 0.4) is 0 Å². The summed E-state index contributed by atoms with van der Waals surface area (Å²) in [6.07, 6.45) is 1.51. The summed E-state index contributed by atoms with van der Waals surface area (Å²) in [6, 6.07) is 13.7. The van der Waals surface area contributed by atoms with Gasteiger partial charge in [-0.15, -0.1) is 5.10 Å². The Morgan fingerprint density at radius 2 is 2.00 bits per heavy atom. The van der Waals surface area contributed by atoms with E-state index in [9.17, 15) is 9.18 Å². The molecule has 3 atom stereocenters. The molecular weight excluding hydrogens is 359 g/mol. The highest BCUT2D eigenvalue weighted by Gasteiger charge is 2.46. The SMILES string of the molecule is O=C(c1ccc(-n2cnnn2)cc1)N1C[C@@H]2CNC[C@@H]2[C@H]1c1cccc(F)c1. The van der Waals surface area contributed by atoms with Gasteiger partial charge < -0.3 is 10.2 Å². The van der Waals surface area contributed by atoms with E-state index in [1.54, 1.807) is 24.3 Å². The van der Waals surface area contributed by atoms with Gasteiger partial charge in [-0.3, -0.25) is 4.79 Å². The molecule has 8 heteroatoms. The van der Waals surface area contributed by atoms with Crippen LogP contribution in [0.25, 0.3) is 5.69 Å². The minimum Gasteiger partial charge on any atom is -0.331 e. The van der Waals surface area contributed by atoms with Crippen molar-refractivity contribution < 1.29 is 9.18 Å². The molecule has 5 rings (SSSR count). The second-order valence-corrected chi connectivity index (χ2v) is 7.34. The van der Waals surface area contributed by atoms with Gasteiger partial charge in [0.2, 0.25) is 0 Å². The van der Waals surface area contributed by atoms with Crippen LogP contribution >= 0.6 is 0 Å². The molecule has 2 aliphatic rings. The second kappa shape index (κ2) is 6.79. The van der Waals surface area contributed by atoms with Crippen LogP contribution in [0.4, 0.5) is 4.39 Å². The lowest BCUT2D eigenvalue weighted by atomic mass is 9.89. The summed E-state index contributed by atoms with van der Waals surface area (Å²) in [5, 5.41) is 14.5. The van der Waals surface area contributed by atoms with Crippen LogP contribution in [0, 0.1) is 17.7 Å². The zero-order valence-corrected chi connectivity index (χ0v) is 15.1. The first-order valence-corrected chi connectivity index (χ1v) is 9.31. The van der Waals surface area contributed by atoms with Crippen molar-refractivity contribution in [3.63, 3.8) is 0 Å². The van der Waals surface area contributed by atoms with Gasteiger partial charge in [-0.05, 0) is 58.3 Å². The number of amides is 1. The third-order valence-corrected chi connectivity index (χ3v) is 5.74. The topological polar surface area (TPSA) is 75.9 Å². The quantitative estimate of drug-likeness (QED) is 0.753. The fourth-order valence-corrected chi connectivity index (χ4v) is 4.45. The Labute approximate surface area is 161 Å². The Bertz CT molecular complexity index is 990. The molecule has 0 radical (unpaired) electrons. The van der Waals surface area contributed by atoms with E-state index in [0.29, 0.717) is 23.9 Å². The van der Waals surface area contributed by atoms with Crippen molar-refractivity contribution in [2.24, 2.45) is 11.8 Å². The molecule has 0 spiro atoms. The molecular formula is C20H19FN6O. The van der Waals surface area contributed by atoms with E-state index < -0.39 is 0 Å². The Hall–Kier alpha value is -3.13. The van der Waals surface area contributed by atoms with Gasteiger partial charge in [-0.2, -0.15) is 0 Å². The molecule has 0 aliphatic carbocycles. The third kappa shape index (κ3) is 2.86. The molecule has 28 heavy (non-hydrogen) atoms. The predicted octanol–water partition coefficient (Wildman–Crippen LogP) is 1.83. The first-order chi connectivity index (χ1) is 13.7. The van der Waals surface area contributed by atoms with Crippen molar-refractivity contribution >= 4 is 5.91 Å². The third-order valence-electron chi connectivity index (χ3n) is 5.74. The first-order valence-electron chi connectivity index (χ1n) is 9.31. The van der Waals surface area contributed by atoms with Gasteiger partial charge in [-0.25, -0.2) is 9.07 Å². The Balaban J connectivity index is 1.45. The summed E-state index contributed by atoms with van der Waals surface area (Å²) >= 11 is 0. The number of nitrogens with zero attached hydrogens (tertiary/aromatic N) is 5. The number of hydrogen-bond donors (Lipinski definition) is 1. The molecule has 2 aromatic carbocycles. The highest BCUT2D eigenvalue weighted by Crippen LogP contribution is 2.43. The van der Waals surface area contributed by atoms with Crippen LogP contribution < -0.4 is 5.32 Å². The number of aromatic nitrogens is 4. The van der Waals surface area contributed by atoms with Gasteiger partial charge >= 0.3 is 0 Å². The fraction of sp³-hybridized carbons (Fsp3) is 0.300. The van der Waals surface area contributed by atoms with Gasteiger partial charge in [-0.1, -0.05) is 12.1 Å². The monoisotopic (exact) mass is 378 g/mol. The maximum atomic E-state index is 13.9. The average molecular weight is 378 g/mol. The number of carbonyl (C=O) groups excluding carboxylic acids is 1. The number of fused-ring (bicyclic) bond motifs is 1. The smallest absolute Gasteiger partial charge is 0.254 e. The molecule has 3 heterocycles. The average Bonchev–Trinajstić information content (AvgIpc) is 3.44. The minimum absolute atomic E-state index is 0.0353. The number of rotatable bonds is 3. The van der Waals surface area contributed by atoms with E-state index in [1.165, 1.54) is 17.1 Å². The lowest BCUT2D eigenvalue weighted by Gasteiger charge is -2.28. The Morgan fingerprint density at radius 3 is 2.75 bits per heavy atom. The van der Waals surface area contributed by atoms with Crippen molar-refractivity contribution in [2.45, 2.75) is 6.04 Å². The molecule has 2 saturated heterocycles. The summed E-state index contributed by atoms with van der Waals surface area (Å²) in [6.45, 7) is 2.40. The highest BCUT2D eigenvalue weighted by molar-refractivity contribution is 5.95. The van der Waals surface area contributed by atoms with Crippen molar-refractivity contribution in [3.8, 4) is 5.69 Å². The Kier molecular flexibility index (Phi) is 4.12. The van der Waals surface area contributed by atoms with Crippen molar-refractivity contribution in [3.05, 3.63) is 71.8 Å². The van der Waals surface area contributed by atoms with E-state index in [2.05, 4.69) is 20.8 Å². The van der Waals surface area contributed by atoms with Crippen molar-refractivity contribution in [1.29, 1.82) is 0 Å². The lowest BCUT2D eigenvalue weighted by molar-refractivity contribution is 0.0714. The molecule has 142 valence electrons. The van der Waals surface area contributed by atoms with Gasteiger partial charge in [0.05, 0.1) is 11.7 Å². The number of nitrogens with one attached hydrogen (secondary N) is 1. The van der Waals surface area contributed by atoms with Gasteiger partial charge in [0, 0.05) is 31.1 Å². The van der Waals surface area contributed by atoms with Gasteiger partial charge in [0.1, 0.15) is 12.1 Å². The van der Waals surface area contributed by atoms with E-state index in [-0.39, 0.29) is 17.8 Å². The van der Waals surface area contributed by atoms with E-state index in [0.717, 1.165) is 24.3 Å². The standard InChI is InChI=1S/C20H19FN6O/c21-16-3-1-2-14(8-16)19-18-10-22-9-15(18)11-26(19)20(28)13-4-6-17(7-5-13)27-12-23-24-25-27/h1-8,12,15,18-19,22H,9-11H2/t15-,18-,19+/m0/s1. The van der Waals surface area contributed by atoms with Crippen LogP contribution in [-0.4, -0.2) is 50.6 Å². The molecule has 0 unspecified atom stereocenters. The maximum absolute atomic E-state index is 13.9. The van der Waals surface area contributed by atoms with E-state index in [1.807, 2.05) is 23.1 Å².